The lowest BCUT2D eigenvalue weighted by atomic mass is 9.80. The molecule has 1 saturated heterocycles. The molecule has 1 aliphatic heterocycles. The summed E-state index contributed by atoms with van der Waals surface area (Å²) in [5.74, 6) is -1.35. The molecule has 0 bridgehead atoms. The van der Waals surface area contributed by atoms with Gasteiger partial charge in [0.25, 0.3) is 5.91 Å². The number of methoxy groups -OCH3 is 1. The van der Waals surface area contributed by atoms with Gasteiger partial charge in [0.1, 0.15) is 0 Å². The fraction of sp³-hybridized carbons (Fsp3) is 0.261. The molecular formula is C23H23N3O4. The van der Waals surface area contributed by atoms with Crippen molar-refractivity contribution in [3.8, 4) is 0 Å². The maximum absolute atomic E-state index is 13.0. The van der Waals surface area contributed by atoms with Gasteiger partial charge < -0.3 is 10.1 Å². The van der Waals surface area contributed by atoms with Crippen molar-refractivity contribution in [3.63, 3.8) is 0 Å². The fourth-order valence-electron chi connectivity index (χ4n) is 3.89. The van der Waals surface area contributed by atoms with E-state index >= 15 is 0 Å². The number of carbonyl (C=O) groups excluding carboxylic acids is 3. The maximum atomic E-state index is 13.0. The van der Waals surface area contributed by atoms with Crippen LogP contribution < -0.4 is 15.8 Å². The van der Waals surface area contributed by atoms with Crippen molar-refractivity contribution in [2.24, 2.45) is 11.8 Å². The molecule has 1 aliphatic carbocycles. The van der Waals surface area contributed by atoms with E-state index in [-0.39, 0.29) is 29.6 Å². The SMILES string of the molecule is COCc1ccccc1NC(=O)c1cccc(N2NC(=O)C3CC=CCC3C2=O)c1. The third-order valence-electron chi connectivity index (χ3n) is 5.46. The van der Waals surface area contributed by atoms with Crippen LogP contribution in [0.1, 0.15) is 28.8 Å². The van der Waals surface area contributed by atoms with Crippen molar-refractivity contribution >= 4 is 29.1 Å². The largest absolute Gasteiger partial charge is 0.380 e. The fourth-order valence-corrected chi connectivity index (χ4v) is 3.89. The van der Waals surface area contributed by atoms with Gasteiger partial charge in [-0.3, -0.25) is 19.8 Å². The Hall–Kier alpha value is -3.45. The first kappa shape index (κ1) is 19.8. The van der Waals surface area contributed by atoms with Gasteiger partial charge in [-0.05, 0) is 37.1 Å². The van der Waals surface area contributed by atoms with Crippen molar-refractivity contribution < 1.29 is 19.1 Å². The summed E-state index contributed by atoms with van der Waals surface area (Å²) in [6.07, 6.45) is 5.00. The lowest BCUT2D eigenvalue weighted by Crippen LogP contribution is -2.59. The highest BCUT2D eigenvalue weighted by atomic mass is 16.5. The summed E-state index contributed by atoms with van der Waals surface area (Å²) in [7, 11) is 1.60. The molecular weight excluding hydrogens is 382 g/mol. The lowest BCUT2D eigenvalue weighted by Gasteiger charge is -2.38. The molecule has 2 N–H and O–H groups in total. The highest BCUT2D eigenvalue weighted by Crippen LogP contribution is 2.32. The summed E-state index contributed by atoms with van der Waals surface area (Å²) in [4.78, 5) is 38.3. The monoisotopic (exact) mass is 405 g/mol. The van der Waals surface area contributed by atoms with Crippen molar-refractivity contribution in [2.75, 3.05) is 17.4 Å². The molecule has 2 aromatic carbocycles. The van der Waals surface area contributed by atoms with Crippen molar-refractivity contribution in [1.29, 1.82) is 0 Å². The zero-order valence-electron chi connectivity index (χ0n) is 16.6. The molecule has 2 unspecified atom stereocenters. The van der Waals surface area contributed by atoms with Gasteiger partial charge in [0.2, 0.25) is 11.8 Å². The zero-order chi connectivity index (χ0) is 21.1. The predicted octanol–water partition coefficient (Wildman–Crippen LogP) is 3.05. The van der Waals surface area contributed by atoms with Crippen LogP contribution in [0.3, 0.4) is 0 Å². The molecule has 7 heteroatoms. The quantitative estimate of drug-likeness (QED) is 0.749. The van der Waals surface area contributed by atoms with E-state index in [2.05, 4.69) is 10.7 Å². The Morgan fingerprint density at radius 1 is 1.10 bits per heavy atom. The second-order valence-electron chi connectivity index (χ2n) is 7.40. The lowest BCUT2D eigenvalue weighted by molar-refractivity contribution is -0.139. The van der Waals surface area contributed by atoms with Crippen molar-refractivity contribution in [1.82, 2.24) is 5.43 Å². The summed E-state index contributed by atoms with van der Waals surface area (Å²) in [5, 5.41) is 4.15. The number of anilines is 2. The molecule has 2 aliphatic rings. The van der Waals surface area contributed by atoms with Crippen LogP contribution in [0.5, 0.6) is 0 Å². The number of allylic oxidation sites excluding steroid dienone is 2. The predicted molar refractivity (Wildman–Crippen MR) is 113 cm³/mol. The molecule has 0 spiro atoms. The summed E-state index contributed by atoms with van der Waals surface area (Å²) in [6, 6.07) is 14.1. The number of amides is 3. The molecule has 2 atom stereocenters. The Balaban J connectivity index is 1.56. The van der Waals surface area contributed by atoms with E-state index in [0.717, 1.165) is 5.56 Å². The molecule has 2 aromatic rings. The number of hydrogen-bond donors (Lipinski definition) is 2. The van der Waals surface area contributed by atoms with E-state index in [1.54, 1.807) is 37.4 Å². The highest BCUT2D eigenvalue weighted by molar-refractivity contribution is 6.07. The van der Waals surface area contributed by atoms with E-state index < -0.39 is 0 Å². The molecule has 0 radical (unpaired) electrons. The summed E-state index contributed by atoms with van der Waals surface area (Å²) in [5.41, 5.74) is 5.05. The summed E-state index contributed by atoms with van der Waals surface area (Å²) < 4.78 is 5.18. The van der Waals surface area contributed by atoms with E-state index in [4.69, 9.17) is 4.74 Å². The molecule has 1 fully saturated rings. The number of fused-ring (bicyclic) bond motifs is 1. The highest BCUT2D eigenvalue weighted by Gasteiger charge is 2.42. The van der Waals surface area contributed by atoms with Crippen molar-refractivity contribution in [2.45, 2.75) is 19.4 Å². The number of para-hydroxylation sites is 1. The van der Waals surface area contributed by atoms with E-state index in [1.807, 2.05) is 30.4 Å². The van der Waals surface area contributed by atoms with E-state index in [0.29, 0.717) is 36.4 Å². The molecule has 154 valence electrons. The maximum Gasteiger partial charge on any atom is 0.255 e. The number of benzene rings is 2. The van der Waals surface area contributed by atoms with Crippen LogP contribution >= 0.6 is 0 Å². The van der Waals surface area contributed by atoms with Gasteiger partial charge in [0.15, 0.2) is 0 Å². The van der Waals surface area contributed by atoms with Crippen LogP contribution in [0.2, 0.25) is 0 Å². The standard InChI is InChI=1S/C23H23N3O4/c1-30-14-16-7-2-5-12-20(16)24-21(27)15-8-6-9-17(13-15)26-23(29)19-11-4-3-10-18(19)22(28)25-26/h2-9,12-13,18-19H,10-11,14H2,1H3,(H,24,27)(H,25,28). The number of ether oxygens (including phenoxy) is 1. The normalized spacial score (nSPS) is 20.5. The number of hydrogen-bond acceptors (Lipinski definition) is 4. The Bertz CT molecular complexity index is 1020. The molecule has 0 saturated carbocycles. The second kappa shape index (κ2) is 8.51. The number of carbonyl (C=O) groups is 3. The van der Waals surface area contributed by atoms with Crippen LogP contribution in [0.4, 0.5) is 11.4 Å². The van der Waals surface area contributed by atoms with Crippen LogP contribution in [0, 0.1) is 11.8 Å². The average molecular weight is 405 g/mol. The van der Waals surface area contributed by atoms with Gasteiger partial charge in [-0.2, -0.15) is 0 Å². The molecule has 3 amide bonds. The van der Waals surface area contributed by atoms with Crippen molar-refractivity contribution in [3.05, 3.63) is 71.8 Å². The van der Waals surface area contributed by atoms with E-state index in [9.17, 15) is 14.4 Å². The minimum atomic E-state index is -0.373. The number of nitrogens with one attached hydrogen (secondary N) is 2. The molecule has 0 aromatic heterocycles. The second-order valence-corrected chi connectivity index (χ2v) is 7.40. The molecule has 30 heavy (non-hydrogen) atoms. The Kier molecular flexibility index (Phi) is 5.63. The Labute approximate surface area is 174 Å². The first-order valence-corrected chi connectivity index (χ1v) is 9.86. The third kappa shape index (κ3) is 3.84. The minimum absolute atomic E-state index is 0.160. The minimum Gasteiger partial charge on any atom is -0.380 e. The zero-order valence-corrected chi connectivity index (χ0v) is 16.6. The first-order valence-electron chi connectivity index (χ1n) is 9.86. The average Bonchev–Trinajstić information content (AvgIpc) is 2.78. The van der Waals surface area contributed by atoms with Gasteiger partial charge in [-0.25, -0.2) is 5.01 Å². The van der Waals surface area contributed by atoms with E-state index in [1.165, 1.54) is 5.01 Å². The van der Waals surface area contributed by atoms with Gasteiger partial charge in [0, 0.05) is 23.9 Å². The molecule has 4 rings (SSSR count). The number of rotatable bonds is 5. The van der Waals surface area contributed by atoms with Gasteiger partial charge >= 0.3 is 0 Å². The third-order valence-corrected chi connectivity index (χ3v) is 5.46. The van der Waals surface area contributed by atoms with Crippen LogP contribution in [-0.2, 0) is 20.9 Å². The Morgan fingerprint density at radius 2 is 1.87 bits per heavy atom. The Morgan fingerprint density at radius 3 is 2.67 bits per heavy atom. The number of nitrogens with zero attached hydrogens (tertiary/aromatic N) is 1. The smallest absolute Gasteiger partial charge is 0.255 e. The van der Waals surface area contributed by atoms with Gasteiger partial charge in [-0.15, -0.1) is 0 Å². The number of hydrazine groups is 1. The molecule has 7 nitrogen and oxygen atoms in total. The first-order chi connectivity index (χ1) is 14.6. The van der Waals surface area contributed by atoms with Crippen LogP contribution in [0.25, 0.3) is 0 Å². The summed E-state index contributed by atoms with van der Waals surface area (Å²) in [6.45, 7) is 0.377. The van der Waals surface area contributed by atoms with Crippen LogP contribution in [0.15, 0.2) is 60.7 Å². The van der Waals surface area contributed by atoms with Crippen LogP contribution in [-0.4, -0.2) is 24.8 Å². The van der Waals surface area contributed by atoms with Gasteiger partial charge in [-0.1, -0.05) is 36.4 Å². The van der Waals surface area contributed by atoms with Gasteiger partial charge in [0.05, 0.1) is 24.1 Å². The molecule has 1 heterocycles. The summed E-state index contributed by atoms with van der Waals surface area (Å²) >= 11 is 0. The topological polar surface area (TPSA) is 87.7 Å².